The first kappa shape index (κ1) is 15.6. The van der Waals surface area contributed by atoms with Crippen LogP contribution in [0.15, 0.2) is 4.99 Å². The van der Waals surface area contributed by atoms with Crippen LogP contribution < -0.4 is 11.1 Å². The molecule has 19 heavy (non-hydrogen) atoms. The summed E-state index contributed by atoms with van der Waals surface area (Å²) in [5, 5.41) is 2.44. The third-order valence-corrected chi connectivity index (χ3v) is 2.64. The molecule has 2 atom stereocenters. The first-order valence-electron chi connectivity index (χ1n) is 6.52. The standard InChI is InChI=1S/C13H23N3O3/c1-8(16-12(18)19-13(2,3)4)11(17)15-7-10(14)9-5-6-9/h7-10H,5-6,14H2,1-4H3,(H,16,18)/t8-,10-/m0/s1. The first-order chi connectivity index (χ1) is 8.69. The van der Waals surface area contributed by atoms with Gasteiger partial charge in [0.15, 0.2) is 0 Å². The quantitative estimate of drug-likeness (QED) is 0.751. The van der Waals surface area contributed by atoms with Gasteiger partial charge >= 0.3 is 6.09 Å². The number of carbonyl (C=O) groups is 2. The Kier molecular flexibility index (Phi) is 5.05. The van der Waals surface area contributed by atoms with Gasteiger partial charge in [0, 0.05) is 12.3 Å². The summed E-state index contributed by atoms with van der Waals surface area (Å²) in [7, 11) is 0. The molecule has 6 heteroatoms. The minimum Gasteiger partial charge on any atom is -0.444 e. The van der Waals surface area contributed by atoms with Crippen molar-refractivity contribution in [3.05, 3.63) is 0 Å². The van der Waals surface area contributed by atoms with Crippen LogP contribution >= 0.6 is 0 Å². The molecule has 0 radical (unpaired) electrons. The Morgan fingerprint density at radius 1 is 1.42 bits per heavy atom. The molecule has 0 aromatic heterocycles. The van der Waals surface area contributed by atoms with Crippen molar-refractivity contribution in [1.29, 1.82) is 0 Å². The van der Waals surface area contributed by atoms with E-state index in [1.165, 1.54) is 6.21 Å². The third kappa shape index (κ3) is 6.33. The van der Waals surface area contributed by atoms with Crippen LogP contribution in [0.4, 0.5) is 4.79 Å². The molecule has 0 saturated heterocycles. The highest BCUT2D eigenvalue weighted by molar-refractivity contribution is 5.92. The van der Waals surface area contributed by atoms with Gasteiger partial charge in [-0.1, -0.05) is 0 Å². The van der Waals surface area contributed by atoms with Gasteiger partial charge in [0.05, 0.1) is 0 Å². The number of nitrogens with one attached hydrogen (secondary N) is 1. The molecule has 0 aromatic carbocycles. The highest BCUT2D eigenvalue weighted by Gasteiger charge is 2.27. The number of nitrogens with zero attached hydrogens (tertiary/aromatic N) is 1. The molecule has 0 spiro atoms. The van der Waals surface area contributed by atoms with Gasteiger partial charge in [0.2, 0.25) is 0 Å². The summed E-state index contributed by atoms with van der Waals surface area (Å²) in [6.07, 6.45) is 3.02. The van der Waals surface area contributed by atoms with Crippen molar-refractivity contribution >= 4 is 18.2 Å². The normalized spacial score (nSPS) is 19.0. The van der Waals surface area contributed by atoms with E-state index in [1.54, 1.807) is 27.7 Å². The fourth-order valence-corrected chi connectivity index (χ4v) is 1.42. The Morgan fingerprint density at radius 3 is 2.47 bits per heavy atom. The lowest BCUT2D eigenvalue weighted by Crippen LogP contribution is -2.41. The fraction of sp³-hybridized carbons (Fsp3) is 0.769. The van der Waals surface area contributed by atoms with Gasteiger partial charge in [0.1, 0.15) is 11.6 Å². The molecule has 3 N–H and O–H groups in total. The van der Waals surface area contributed by atoms with Crippen molar-refractivity contribution < 1.29 is 14.3 Å². The predicted octanol–water partition coefficient (Wildman–Crippen LogP) is 1.23. The summed E-state index contributed by atoms with van der Waals surface area (Å²) in [5.41, 5.74) is 5.21. The summed E-state index contributed by atoms with van der Waals surface area (Å²) in [6, 6.07) is -0.893. The second-order valence-corrected chi connectivity index (χ2v) is 5.90. The van der Waals surface area contributed by atoms with Gasteiger partial charge in [-0.3, -0.25) is 4.79 Å². The highest BCUT2D eigenvalue weighted by atomic mass is 16.6. The second kappa shape index (κ2) is 6.14. The van der Waals surface area contributed by atoms with Crippen molar-refractivity contribution in [1.82, 2.24) is 5.32 Å². The maximum absolute atomic E-state index is 11.7. The third-order valence-electron chi connectivity index (χ3n) is 2.64. The number of alkyl carbamates (subject to hydrolysis) is 1. The molecule has 1 aliphatic carbocycles. The number of rotatable bonds is 4. The molecule has 0 bridgehead atoms. The summed E-state index contributed by atoms with van der Waals surface area (Å²) in [5.74, 6) is 0.0210. The fourth-order valence-electron chi connectivity index (χ4n) is 1.42. The van der Waals surface area contributed by atoms with Gasteiger partial charge in [-0.05, 0) is 46.5 Å². The Bertz CT molecular complexity index is 370. The zero-order valence-corrected chi connectivity index (χ0v) is 12.0. The number of nitrogens with two attached hydrogens (primary N) is 1. The van der Waals surface area contributed by atoms with Crippen LogP contribution in [-0.2, 0) is 9.53 Å². The minimum atomic E-state index is -0.725. The summed E-state index contributed by atoms with van der Waals surface area (Å²) >= 11 is 0. The largest absolute Gasteiger partial charge is 0.444 e. The molecular weight excluding hydrogens is 246 g/mol. The summed E-state index contributed by atoms with van der Waals surface area (Å²) < 4.78 is 5.05. The molecule has 1 aliphatic rings. The average Bonchev–Trinajstić information content (AvgIpc) is 3.05. The number of hydrogen-bond donors (Lipinski definition) is 2. The monoisotopic (exact) mass is 269 g/mol. The molecular formula is C13H23N3O3. The molecule has 1 rings (SSSR count). The predicted molar refractivity (Wildman–Crippen MR) is 73.0 cm³/mol. The topological polar surface area (TPSA) is 93.8 Å². The van der Waals surface area contributed by atoms with Crippen LogP contribution in [0, 0.1) is 5.92 Å². The van der Waals surface area contributed by atoms with E-state index in [2.05, 4.69) is 10.3 Å². The molecule has 1 saturated carbocycles. The van der Waals surface area contributed by atoms with Crippen molar-refractivity contribution in [2.45, 2.75) is 58.2 Å². The van der Waals surface area contributed by atoms with E-state index in [9.17, 15) is 9.59 Å². The zero-order chi connectivity index (χ0) is 14.6. The summed E-state index contributed by atoms with van der Waals surface area (Å²) in [4.78, 5) is 26.9. The number of carbonyl (C=O) groups excluding carboxylic acids is 2. The number of hydrogen-bond acceptors (Lipinski definition) is 4. The molecule has 0 heterocycles. The van der Waals surface area contributed by atoms with Crippen molar-refractivity contribution in [2.24, 2.45) is 16.6 Å². The molecule has 6 nitrogen and oxygen atoms in total. The van der Waals surface area contributed by atoms with E-state index >= 15 is 0 Å². The van der Waals surface area contributed by atoms with E-state index in [0.29, 0.717) is 5.92 Å². The van der Waals surface area contributed by atoms with Gasteiger partial charge in [-0.2, -0.15) is 0 Å². The first-order valence-corrected chi connectivity index (χ1v) is 6.52. The van der Waals surface area contributed by atoms with E-state index in [1.807, 2.05) is 0 Å². The molecule has 1 fully saturated rings. The SMILES string of the molecule is C[C@H](NC(=O)OC(C)(C)C)C(=O)N=C[C@H](N)C1CC1. The number of amides is 2. The van der Waals surface area contributed by atoms with E-state index in [0.717, 1.165) is 12.8 Å². The average molecular weight is 269 g/mol. The molecule has 2 amide bonds. The summed E-state index contributed by atoms with van der Waals surface area (Å²) in [6.45, 7) is 6.83. The molecule has 0 aliphatic heterocycles. The van der Waals surface area contributed by atoms with E-state index < -0.39 is 23.6 Å². The highest BCUT2D eigenvalue weighted by Crippen LogP contribution is 2.30. The molecule has 0 aromatic rings. The van der Waals surface area contributed by atoms with E-state index in [4.69, 9.17) is 10.5 Å². The minimum absolute atomic E-state index is 0.169. The zero-order valence-electron chi connectivity index (χ0n) is 12.0. The Balaban J connectivity index is 2.37. The van der Waals surface area contributed by atoms with Crippen LogP contribution in [0.5, 0.6) is 0 Å². The molecule has 108 valence electrons. The Morgan fingerprint density at radius 2 is 2.00 bits per heavy atom. The number of aliphatic imine (C=N–C) groups is 1. The van der Waals surface area contributed by atoms with Crippen LogP contribution in [0.25, 0.3) is 0 Å². The van der Waals surface area contributed by atoms with Crippen molar-refractivity contribution in [2.75, 3.05) is 0 Å². The number of ether oxygens (including phenoxy) is 1. The van der Waals surface area contributed by atoms with Crippen molar-refractivity contribution in [3.63, 3.8) is 0 Å². The van der Waals surface area contributed by atoms with Crippen molar-refractivity contribution in [3.8, 4) is 0 Å². The Hall–Kier alpha value is -1.43. The van der Waals surface area contributed by atoms with Gasteiger partial charge in [-0.25, -0.2) is 9.79 Å². The van der Waals surface area contributed by atoms with Gasteiger partial charge < -0.3 is 15.8 Å². The molecule has 0 unspecified atom stereocenters. The van der Waals surface area contributed by atoms with Gasteiger partial charge in [0.25, 0.3) is 5.91 Å². The Labute approximate surface area is 113 Å². The maximum atomic E-state index is 11.7. The van der Waals surface area contributed by atoms with Crippen LogP contribution in [-0.4, -0.2) is 35.9 Å². The van der Waals surface area contributed by atoms with Crippen LogP contribution in [0.2, 0.25) is 0 Å². The maximum Gasteiger partial charge on any atom is 0.408 e. The lowest BCUT2D eigenvalue weighted by molar-refractivity contribution is -0.119. The van der Waals surface area contributed by atoms with Crippen LogP contribution in [0.1, 0.15) is 40.5 Å². The second-order valence-electron chi connectivity index (χ2n) is 5.90. The smallest absolute Gasteiger partial charge is 0.408 e. The van der Waals surface area contributed by atoms with Gasteiger partial charge in [-0.15, -0.1) is 0 Å². The van der Waals surface area contributed by atoms with E-state index in [-0.39, 0.29) is 6.04 Å². The van der Waals surface area contributed by atoms with Crippen LogP contribution in [0.3, 0.4) is 0 Å². The lowest BCUT2D eigenvalue weighted by atomic mass is 10.2. The lowest BCUT2D eigenvalue weighted by Gasteiger charge is -2.20.